The second kappa shape index (κ2) is 10.8. The van der Waals surface area contributed by atoms with Crippen molar-refractivity contribution in [3.63, 3.8) is 0 Å². The van der Waals surface area contributed by atoms with Gasteiger partial charge in [-0.15, -0.1) is 0 Å². The molecule has 5 rings (SSSR count). The summed E-state index contributed by atoms with van der Waals surface area (Å²) in [5, 5.41) is 5.03. The van der Waals surface area contributed by atoms with Gasteiger partial charge in [0, 0.05) is 37.4 Å². The molecule has 0 radical (unpaired) electrons. The number of ether oxygens (including phenoxy) is 1. The van der Waals surface area contributed by atoms with E-state index in [0.29, 0.717) is 35.1 Å². The highest BCUT2D eigenvalue weighted by atomic mass is 35.5. The van der Waals surface area contributed by atoms with E-state index < -0.39 is 5.97 Å². The number of para-hydroxylation sites is 1. The Hall–Kier alpha value is -4.04. The first-order chi connectivity index (χ1) is 18.4. The van der Waals surface area contributed by atoms with Gasteiger partial charge < -0.3 is 19.0 Å². The second-order valence-corrected chi connectivity index (χ2v) is 9.56. The van der Waals surface area contributed by atoms with Crippen LogP contribution in [0.3, 0.4) is 0 Å². The minimum Gasteiger partial charge on any atom is -0.466 e. The van der Waals surface area contributed by atoms with E-state index >= 15 is 0 Å². The summed E-state index contributed by atoms with van der Waals surface area (Å²) in [6.45, 7) is 8.42. The summed E-state index contributed by atoms with van der Waals surface area (Å²) in [4.78, 5) is 29.5. The first kappa shape index (κ1) is 25.6. The predicted molar refractivity (Wildman–Crippen MR) is 146 cm³/mol. The highest BCUT2D eigenvalue weighted by Gasteiger charge is 2.25. The van der Waals surface area contributed by atoms with Crippen LogP contribution in [0.5, 0.6) is 0 Å². The molecule has 0 N–H and O–H groups in total. The number of furan rings is 1. The number of benzene rings is 2. The van der Waals surface area contributed by atoms with E-state index in [1.165, 1.54) is 0 Å². The third-order valence-electron chi connectivity index (χ3n) is 6.64. The molecule has 8 nitrogen and oxygen atoms in total. The fourth-order valence-corrected chi connectivity index (χ4v) is 4.94. The Morgan fingerprint density at radius 1 is 1.00 bits per heavy atom. The molecule has 4 aromatic rings. The molecule has 1 saturated heterocycles. The molecular formula is C29H29ClN4O4. The third-order valence-corrected chi connectivity index (χ3v) is 6.96. The van der Waals surface area contributed by atoms with Crippen LogP contribution in [-0.4, -0.2) is 59.3 Å². The fraction of sp³-hybridized carbons (Fsp3) is 0.276. The Kier molecular flexibility index (Phi) is 7.24. The molecular weight excluding hydrogens is 504 g/mol. The first-order valence-corrected chi connectivity index (χ1v) is 13.0. The zero-order valence-electron chi connectivity index (χ0n) is 21.6. The van der Waals surface area contributed by atoms with Crippen molar-refractivity contribution in [3.05, 3.63) is 88.5 Å². The number of halogens is 1. The van der Waals surface area contributed by atoms with Crippen molar-refractivity contribution >= 4 is 29.2 Å². The number of hydrogen-bond donors (Lipinski definition) is 0. The summed E-state index contributed by atoms with van der Waals surface area (Å²) in [7, 11) is 0. The Morgan fingerprint density at radius 2 is 1.71 bits per heavy atom. The topological polar surface area (TPSA) is 80.8 Å². The van der Waals surface area contributed by atoms with Crippen LogP contribution < -0.4 is 4.90 Å². The number of rotatable bonds is 6. The minimum absolute atomic E-state index is 0.0135. The van der Waals surface area contributed by atoms with Gasteiger partial charge in [-0.05, 0) is 57.2 Å². The molecule has 0 saturated carbocycles. The molecule has 2 aromatic heterocycles. The molecule has 1 aliphatic rings. The van der Waals surface area contributed by atoms with Gasteiger partial charge in [0.2, 0.25) is 0 Å². The van der Waals surface area contributed by atoms with Crippen LogP contribution in [-0.2, 0) is 4.74 Å². The third kappa shape index (κ3) is 5.04. The normalized spacial score (nSPS) is 13.6. The molecule has 2 aromatic carbocycles. The van der Waals surface area contributed by atoms with E-state index in [-0.39, 0.29) is 18.2 Å². The van der Waals surface area contributed by atoms with Gasteiger partial charge in [-0.1, -0.05) is 35.9 Å². The smallest absolute Gasteiger partial charge is 0.358 e. The van der Waals surface area contributed by atoms with Gasteiger partial charge in [0.15, 0.2) is 5.69 Å². The van der Waals surface area contributed by atoms with Crippen LogP contribution in [0.25, 0.3) is 16.9 Å². The van der Waals surface area contributed by atoms with Gasteiger partial charge >= 0.3 is 5.97 Å². The maximum atomic E-state index is 12.9. The number of esters is 1. The van der Waals surface area contributed by atoms with Crippen molar-refractivity contribution in [3.8, 4) is 16.9 Å². The van der Waals surface area contributed by atoms with E-state index in [1.807, 2.05) is 67.3 Å². The molecule has 1 amide bonds. The second-order valence-electron chi connectivity index (χ2n) is 9.15. The zero-order valence-corrected chi connectivity index (χ0v) is 22.4. The van der Waals surface area contributed by atoms with Crippen LogP contribution >= 0.6 is 11.6 Å². The highest BCUT2D eigenvalue weighted by molar-refractivity contribution is 6.32. The van der Waals surface area contributed by atoms with Crippen LogP contribution in [0, 0.1) is 13.8 Å². The van der Waals surface area contributed by atoms with E-state index in [4.69, 9.17) is 20.8 Å². The van der Waals surface area contributed by atoms with Gasteiger partial charge in [-0.25, -0.2) is 9.48 Å². The standard InChI is InChI=1S/C29H29ClN4O4/c1-4-37-29(36)25-18-27(34(31-25)26-8-6-5-7-24(26)30)21-9-11-22(12-10-21)32-13-15-33(16-14-32)28(35)23-17-19(2)38-20(23)3/h5-12,17-18H,4,13-16H2,1-3H3. The zero-order chi connectivity index (χ0) is 26.8. The van der Waals surface area contributed by atoms with E-state index in [1.54, 1.807) is 23.7 Å². The quantitative estimate of drug-likeness (QED) is 0.303. The van der Waals surface area contributed by atoms with Crippen molar-refractivity contribution in [2.75, 3.05) is 37.7 Å². The minimum atomic E-state index is -0.482. The summed E-state index contributed by atoms with van der Waals surface area (Å²) >= 11 is 6.46. The summed E-state index contributed by atoms with van der Waals surface area (Å²) in [6.07, 6.45) is 0. The highest BCUT2D eigenvalue weighted by Crippen LogP contribution is 2.30. The number of anilines is 1. The number of piperazine rings is 1. The monoisotopic (exact) mass is 532 g/mol. The van der Waals surface area contributed by atoms with E-state index in [2.05, 4.69) is 10.00 Å². The van der Waals surface area contributed by atoms with Crippen molar-refractivity contribution in [2.45, 2.75) is 20.8 Å². The number of aromatic nitrogens is 2. The molecule has 196 valence electrons. The van der Waals surface area contributed by atoms with Gasteiger partial charge in [0.1, 0.15) is 11.5 Å². The molecule has 0 unspecified atom stereocenters. The van der Waals surface area contributed by atoms with Crippen molar-refractivity contribution < 1.29 is 18.7 Å². The average Bonchev–Trinajstić information content (AvgIpc) is 3.52. The summed E-state index contributed by atoms with van der Waals surface area (Å²) in [5.74, 6) is 0.937. The summed E-state index contributed by atoms with van der Waals surface area (Å²) in [5.41, 5.74) is 4.20. The molecule has 1 fully saturated rings. The Balaban J connectivity index is 1.35. The molecule has 38 heavy (non-hydrogen) atoms. The lowest BCUT2D eigenvalue weighted by atomic mass is 10.1. The maximum absolute atomic E-state index is 12.9. The number of amides is 1. The van der Waals surface area contributed by atoms with Crippen LogP contribution in [0.15, 0.2) is 65.1 Å². The number of carbonyl (C=O) groups is 2. The van der Waals surface area contributed by atoms with Crippen LogP contribution in [0.1, 0.15) is 39.3 Å². The van der Waals surface area contributed by atoms with Gasteiger partial charge in [0.25, 0.3) is 5.91 Å². The van der Waals surface area contributed by atoms with Crippen molar-refractivity contribution in [2.24, 2.45) is 0 Å². The first-order valence-electron chi connectivity index (χ1n) is 12.6. The average molecular weight is 533 g/mol. The lowest BCUT2D eigenvalue weighted by Gasteiger charge is -2.36. The molecule has 9 heteroatoms. The van der Waals surface area contributed by atoms with Crippen LogP contribution in [0.4, 0.5) is 5.69 Å². The number of aryl methyl sites for hydroxylation is 2. The Morgan fingerprint density at radius 3 is 2.34 bits per heavy atom. The lowest BCUT2D eigenvalue weighted by molar-refractivity contribution is 0.0518. The Bertz CT molecular complexity index is 1470. The SMILES string of the molecule is CCOC(=O)c1cc(-c2ccc(N3CCN(C(=O)c4cc(C)oc4C)CC3)cc2)n(-c2ccccc2Cl)n1. The van der Waals surface area contributed by atoms with Crippen LogP contribution in [0.2, 0.25) is 5.02 Å². The molecule has 0 bridgehead atoms. The number of carbonyl (C=O) groups excluding carboxylic acids is 2. The summed E-state index contributed by atoms with van der Waals surface area (Å²) < 4.78 is 12.4. The number of hydrogen-bond acceptors (Lipinski definition) is 6. The summed E-state index contributed by atoms with van der Waals surface area (Å²) in [6, 6.07) is 19.0. The van der Waals surface area contributed by atoms with Gasteiger partial charge in [-0.2, -0.15) is 5.10 Å². The maximum Gasteiger partial charge on any atom is 0.358 e. The van der Waals surface area contributed by atoms with Crippen molar-refractivity contribution in [1.29, 1.82) is 0 Å². The van der Waals surface area contributed by atoms with E-state index in [0.717, 1.165) is 35.8 Å². The van der Waals surface area contributed by atoms with Gasteiger partial charge in [0.05, 0.1) is 28.6 Å². The molecule has 0 aliphatic carbocycles. The van der Waals surface area contributed by atoms with Gasteiger partial charge in [-0.3, -0.25) is 4.79 Å². The molecule has 0 atom stereocenters. The largest absolute Gasteiger partial charge is 0.466 e. The number of nitrogens with zero attached hydrogens (tertiary/aromatic N) is 4. The predicted octanol–water partition coefficient (Wildman–Crippen LogP) is 5.54. The van der Waals surface area contributed by atoms with E-state index in [9.17, 15) is 9.59 Å². The van der Waals surface area contributed by atoms with Crippen molar-refractivity contribution in [1.82, 2.24) is 14.7 Å². The molecule has 3 heterocycles. The molecule has 1 aliphatic heterocycles. The fourth-order valence-electron chi connectivity index (χ4n) is 4.72. The lowest BCUT2D eigenvalue weighted by Crippen LogP contribution is -2.48. The Labute approximate surface area is 226 Å². The molecule has 0 spiro atoms.